The van der Waals surface area contributed by atoms with Crippen molar-refractivity contribution in [1.29, 1.82) is 5.26 Å². The van der Waals surface area contributed by atoms with Crippen molar-refractivity contribution in [2.24, 2.45) is 15.8 Å². The van der Waals surface area contributed by atoms with Crippen molar-refractivity contribution in [2.45, 2.75) is 50.3 Å². The molecule has 2 aromatic rings. The fraction of sp³-hybridized carbons (Fsp3) is 0.360. The maximum Gasteiger partial charge on any atom is 0.387 e. The number of hydrogen-bond acceptors (Lipinski definition) is 6. The first-order chi connectivity index (χ1) is 18.2. The number of alkyl halides is 2. The molecule has 1 saturated carbocycles. The van der Waals surface area contributed by atoms with Crippen molar-refractivity contribution in [2.75, 3.05) is 6.54 Å². The number of benzene rings is 2. The summed E-state index contributed by atoms with van der Waals surface area (Å²) >= 11 is 12.3. The highest BCUT2D eigenvalue weighted by atomic mass is 35.5. The van der Waals surface area contributed by atoms with Crippen molar-refractivity contribution >= 4 is 46.5 Å². The third kappa shape index (κ3) is 6.51. The lowest BCUT2D eigenvalue weighted by molar-refractivity contribution is -0.127. The summed E-state index contributed by atoms with van der Waals surface area (Å²) in [4.78, 5) is 17.6. The van der Waals surface area contributed by atoms with Crippen molar-refractivity contribution in [3.63, 3.8) is 0 Å². The number of hydrazone groups is 1. The zero-order valence-electron chi connectivity index (χ0n) is 20.1. The molecule has 0 saturated heterocycles. The second-order valence-electron chi connectivity index (χ2n) is 8.99. The second-order valence-corrected chi connectivity index (χ2v) is 9.80. The molecule has 0 aromatic heterocycles. The van der Waals surface area contributed by atoms with Crippen LogP contribution in [0.1, 0.15) is 37.7 Å². The number of hydrogen-bond donors (Lipinski definition) is 3. The van der Waals surface area contributed by atoms with E-state index in [1.807, 2.05) is 6.19 Å². The van der Waals surface area contributed by atoms with E-state index in [2.05, 4.69) is 25.5 Å². The number of nitrogens with zero attached hydrogens (tertiary/aromatic N) is 4. The average molecular weight is 564 g/mol. The van der Waals surface area contributed by atoms with E-state index in [0.717, 1.165) is 19.3 Å². The van der Waals surface area contributed by atoms with Crippen LogP contribution in [0.15, 0.2) is 52.6 Å². The highest BCUT2D eigenvalue weighted by Gasteiger charge is 2.39. The number of amides is 1. The number of ether oxygens (including phenoxy) is 1. The Balaban J connectivity index is 1.67. The molecule has 38 heavy (non-hydrogen) atoms. The summed E-state index contributed by atoms with van der Waals surface area (Å²) in [5, 5.41) is 21.5. The first-order valence-corrected chi connectivity index (χ1v) is 12.6. The molecule has 4 rings (SSSR count). The van der Waals surface area contributed by atoms with Crippen LogP contribution in [0.4, 0.5) is 14.5 Å². The summed E-state index contributed by atoms with van der Waals surface area (Å²) in [5.74, 6) is -0.374. The summed E-state index contributed by atoms with van der Waals surface area (Å²) < 4.78 is 29.7. The Kier molecular flexibility index (Phi) is 8.66. The smallest absolute Gasteiger partial charge is 0.387 e. The molecule has 1 aliphatic heterocycles. The van der Waals surface area contributed by atoms with Crippen LogP contribution in [0.5, 0.6) is 5.75 Å². The van der Waals surface area contributed by atoms with Crippen LogP contribution in [0.2, 0.25) is 10.0 Å². The maximum atomic E-state index is 13.3. The fourth-order valence-electron chi connectivity index (χ4n) is 4.43. The van der Waals surface area contributed by atoms with E-state index in [1.54, 1.807) is 24.3 Å². The minimum absolute atomic E-state index is 0.0103. The molecule has 1 aliphatic carbocycles. The van der Waals surface area contributed by atoms with E-state index < -0.39 is 18.2 Å². The van der Waals surface area contributed by atoms with Crippen LogP contribution in [-0.4, -0.2) is 47.3 Å². The molecular formula is C25H25Cl2F2N7O2. The van der Waals surface area contributed by atoms with Crippen molar-refractivity contribution in [3.05, 3.63) is 58.1 Å². The monoisotopic (exact) mass is 563 g/mol. The van der Waals surface area contributed by atoms with Crippen LogP contribution < -0.4 is 21.1 Å². The van der Waals surface area contributed by atoms with E-state index in [9.17, 15) is 18.8 Å². The number of halogens is 4. The average Bonchev–Trinajstić information content (AvgIpc) is 3.29. The van der Waals surface area contributed by atoms with Gasteiger partial charge in [0.15, 0.2) is 6.19 Å². The van der Waals surface area contributed by atoms with Crippen LogP contribution >= 0.6 is 23.2 Å². The van der Waals surface area contributed by atoms with Gasteiger partial charge >= 0.3 is 6.61 Å². The van der Waals surface area contributed by atoms with Gasteiger partial charge in [-0.05, 0) is 37.1 Å². The molecular weight excluding hydrogens is 539 g/mol. The molecule has 0 spiro atoms. The number of nitrogens with two attached hydrogens (primary N) is 1. The Morgan fingerprint density at radius 2 is 1.97 bits per heavy atom. The van der Waals surface area contributed by atoms with E-state index in [0.29, 0.717) is 34.2 Å². The predicted molar refractivity (Wildman–Crippen MR) is 141 cm³/mol. The number of nitriles is 1. The van der Waals surface area contributed by atoms with Crippen LogP contribution in [0.3, 0.4) is 0 Å². The van der Waals surface area contributed by atoms with Gasteiger partial charge in [-0.3, -0.25) is 10.1 Å². The second kappa shape index (κ2) is 11.9. The zero-order valence-corrected chi connectivity index (χ0v) is 21.6. The van der Waals surface area contributed by atoms with Gasteiger partial charge in [0.05, 0.1) is 39.6 Å². The molecule has 1 amide bonds. The van der Waals surface area contributed by atoms with Crippen molar-refractivity contribution < 1.29 is 18.3 Å². The Morgan fingerprint density at radius 1 is 1.21 bits per heavy atom. The lowest BCUT2D eigenvalue weighted by Crippen LogP contribution is -2.58. The Morgan fingerprint density at radius 3 is 2.66 bits per heavy atom. The third-order valence-corrected chi connectivity index (χ3v) is 7.06. The van der Waals surface area contributed by atoms with Gasteiger partial charge in [0, 0.05) is 11.6 Å². The van der Waals surface area contributed by atoms with Gasteiger partial charge in [-0.25, -0.2) is 10.0 Å². The van der Waals surface area contributed by atoms with Crippen molar-refractivity contribution in [3.8, 4) is 11.9 Å². The number of aliphatic imine (C=N–C) groups is 1. The van der Waals surface area contributed by atoms with Crippen molar-refractivity contribution in [1.82, 2.24) is 15.6 Å². The molecule has 1 fully saturated rings. The Hall–Kier alpha value is -3.46. The zero-order chi connectivity index (χ0) is 27.3. The molecule has 0 bridgehead atoms. The van der Waals surface area contributed by atoms with E-state index in [-0.39, 0.29) is 29.8 Å². The standard InChI is InChI=1S/C25H25Cl2F2N7O2/c26-18-8-7-15(11-19(18)27)21-20(34-22(37)25(31)9-2-1-3-10-25)13-36(35-21)24(32-14-30)33-16-5-4-6-17(12-16)38-23(28)29/h4-8,11-12,20,23H,1-3,9-10,13,31H2,(H,32,33)(H,34,37). The highest BCUT2D eigenvalue weighted by molar-refractivity contribution is 6.42. The molecule has 1 heterocycles. The Bertz CT molecular complexity index is 1290. The maximum absolute atomic E-state index is 13.3. The van der Waals surface area contributed by atoms with Gasteiger partial charge < -0.3 is 15.8 Å². The number of guanidine groups is 1. The lowest BCUT2D eigenvalue weighted by Gasteiger charge is -2.33. The summed E-state index contributed by atoms with van der Waals surface area (Å²) in [7, 11) is 0. The quantitative estimate of drug-likeness (QED) is 0.205. The topological polar surface area (TPSA) is 128 Å². The van der Waals surface area contributed by atoms with E-state index in [1.165, 1.54) is 23.2 Å². The largest absolute Gasteiger partial charge is 0.435 e. The van der Waals surface area contributed by atoms with E-state index >= 15 is 0 Å². The van der Waals surface area contributed by atoms with Gasteiger partial charge in [-0.1, -0.05) is 54.6 Å². The first-order valence-electron chi connectivity index (χ1n) is 11.9. The molecule has 1 atom stereocenters. The molecule has 200 valence electrons. The van der Waals surface area contributed by atoms with Gasteiger partial charge in [-0.15, -0.1) is 0 Å². The summed E-state index contributed by atoms with van der Waals surface area (Å²) in [5.41, 5.74) is 6.77. The molecule has 13 heteroatoms. The Labute approximate surface area is 228 Å². The highest BCUT2D eigenvalue weighted by Crippen LogP contribution is 2.29. The van der Waals surface area contributed by atoms with E-state index in [4.69, 9.17) is 28.9 Å². The van der Waals surface area contributed by atoms with Crippen LogP contribution in [-0.2, 0) is 4.79 Å². The third-order valence-electron chi connectivity index (χ3n) is 6.32. The summed E-state index contributed by atoms with van der Waals surface area (Å²) in [6, 6.07) is 10.0. The van der Waals surface area contributed by atoms with Crippen LogP contribution in [0, 0.1) is 11.5 Å². The molecule has 1 unspecified atom stereocenters. The molecule has 9 nitrogen and oxygen atoms in total. The summed E-state index contributed by atoms with van der Waals surface area (Å²) in [6.07, 6.45) is 5.73. The fourth-order valence-corrected chi connectivity index (χ4v) is 4.72. The number of nitrogens with one attached hydrogen (secondary N) is 2. The first kappa shape index (κ1) is 27.6. The van der Waals surface area contributed by atoms with Crippen LogP contribution in [0.25, 0.3) is 0 Å². The molecule has 0 radical (unpaired) electrons. The van der Waals surface area contributed by atoms with Gasteiger partial charge in [0.25, 0.3) is 0 Å². The van der Waals surface area contributed by atoms with Gasteiger partial charge in [-0.2, -0.15) is 19.1 Å². The molecule has 2 aliphatic rings. The number of carbonyl (C=O) groups is 1. The molecule has 4 N–H and O–H groups in total. The van der Waals surface area contributed by atoms with Gasteiger partial charge in [0.2, 0.25) is 11.9 Å². The predicted octanol–water partition coefficient (Wildman–Crippen LogP) is 4.52. The minimum atomic E-state index is -3.00. The number of carbonyl (C=O) groups excluding carboxylic acids is 1. The number of rotatable bonds is 6. The minimum Gasteiger partial charge on any atom is -0.435 e. The lowest BCUT2D eigenvalue weighted by atomic mass is 9.81. The molecule has 2 aromatic carbocycles. The summed E-state index contributed by atoms with van der Waals surface area (Å²) in [6.45, 7) is -2.89. The van der Waals surface area contributed by atoms with Gasteiger partial charge in [0.1, 0.15) is 5.75 Å². The normalized spacial score (nSPS) is 19.1. The SMILES string of the molecule is N#CNC(=Nc1cccc(OC(F)F)c1)N1CC(NC(=O)C2(N)CCCCC2)C(c2ccc(Cl)c(Cl)c2)=N1.